The summed E-state index contributed by atoms with van der Waals surface area (Å²) in [6, 6.07) is 18.2. The molecule has 2 heterocycles. The number of hydrogen-bond donors (Lipinski definition) is 4. The highest BCUT2D eigenvalue weighted by atomic mass is 32.2. The zero-order valence-corrected chi connectivity index (χ0v) is 19.2. The van der Waals surface area contributed by atoms with Crippen molar-refractivity contribution >= 4 is 41.0 Å². The lowest BCUT2D eigenvalue weighted by Gasteiger charge is -2.18. The van der Waals surface area contributed by atoms with E-state index >= 15 is 0 Å². The van der Waals surface area contributed by atoms with Crippen LogP contribution in [-0.2, 0) is 4.79 Å². The van der Waals surface area contributed by atoms with Crippen molar-refractivity contribution in [1.82, 2.24) is 10.3 Å². The molecule has 1 atom stereocenters. The van der Waals surface area contributed by atoms with Crippen LogP contribution in [0.25, 0.3) is 0 Å². The molecular formula is C25H25N5O3S. The molecule has 0 bridgehead atoms. The van der Waals surface area contributed by atoms with Gasteiger partial charge in [-0.15, -0.1) is 11.8 Å². The fourth-order valence-electron chi connectivity index (χ4n) is 3.46. The summed E-state index contributed by atoms with van der Waals surface area (Å²) in [7, 11) is 0. The average molecular weight is 476 g/mol. The molecule has 0 fully saturated rings. The predicted octanol–water partition coefficient (Wildman–Crippen LogP) is 4.40. The van der Waals surface area contributed by atoms with Gasteiger partial charge in [-0.05, 0) is 48.4 Å². The summed E-state index contributed by atoms with van der Waals surface area (Å²) < 4.78 is 0. The maximum absolute atomic E-state index is 13.0. The van der Waals surface area contributed by atoms with E-state index in [2.05, 4.69) is 25.9 Å². The van der Waals surface area contributed by atoms with Gasteiger partial charge < -0.3 is 21.1 Å². The Hall–Kier alpha value is -3.85. The summed E-state index contributed by atoms with van der Waals surface area (Å²) in [5, 5.41) is 18.4. The topological polar surface area (TPSA) is 116 Å². The van der Waals surface area contributed by atoms with Gasteiger partial charge in [0.15, 0.2) is 5.96 Å². The summed E-state index contributed by atoms with van der Waals surface area (Å²) in [5.41, 5.74) is 2.69. The third-order valence-electron chi connectivity index (χ3n) is 5.11. The van der Waals surface area contributed by atoms with Gasteiger partial charge in [-0.2, -0.15) is 0 Å². The number of nitrogens with one attached hydrogen (secondary N) is 3. The first kappa shape index (κ1) is 23.3. The summed E-state index contributed by atoms with van der Waals surface area (Å²) in [5.74, 6) is -0.457. The van der Waals surface area contributed by atoms with E-state index in [4.69, 9.17) is 0 Å². The number of rotatable bonds is 8. The Morgan fingerprint density at radius 3 is 2.76 bits per heavy atom. The standard InChI is InChI=1S/C25H25N5O3S/c31-23(32)15-22(18-7-4-11-26-16-18)34-21-10-2-1-9-20(21)30-24(33)17-6-3-8-19(14-17)29-25-27-12-5-13-28-25/h1-4,6-11,14,16,22H,5,12-13,15H2,(H,30,33)(H,31,32)(H2,27,28,29). The number of aliphatic carboxylic acids is 1. The zero-order chi connectivity index (χ0) is 23.8. The molecule has 1 amide bonds. The maximum atomic E-state index is 13.0. The fraction of sp³-hybridized carbons (Fsp3) is 0.200. The quantitative estimate of drug-likeness (QED) is 0.357. The number of anilines is 2. The summed E-state index contributed by atoms with van der Waals surface area (Å²) in [6.45, 7) is 1.63. The van der Waals surface area contributed by atoms with E-state index in [0.29, 0.717) is 17.2 Å². The zero-order valence-electron chi connectivity index (χ0n) is 18.4. The van der Waals surface area contributed by atoms with E-state index < -0.39 is 5.97 Å². The lowest BCUT2D eigenvalue weighted by molar-refractivity contribution is -0.137. The first-order valence-corrected chi connectivity index (χ1v) is 11.8. The Labute approximate surface area is 201 Å². The first-order chi connectivity index (χ1) is 16.6. The molecule has 4 N–H and O–H groups in total. The van der Waals surface area contributed by atoms with Crippen LogP contribution in [0.4, 0.5) is 11.4 Å². The molecule has 3 aromatic rings. The van der Waals surface area contributed by atoms with Gasteiger partial charge in [0.2, 0.25) is 0 Å². The molecule has 1 aliphatic heterocycles. The molecule has 2 aromatic carbocycles. The van der Waals surface area contributed by atoms with Crippen LogP contribution in [0.5, 0.6) is 0 Å². The molecule has 34 heavy (non-hydrogen) atoms. The van der Waals surface area contributed by atoms with Crippen molar-refractivity contribution in [3.05, 3.63) is 84.2 Å². The molecule has 0 radical (unpaired) electrons. The number of guanidine groups is 1. The minimum Gasteiger partial charge on any atom is -0.481 e. The van der Waals surface area contributed by atoms with Crippen molar-refractivity contribution in [2.24, 2.45) is 4.99 Å². The average Bonchev–Trinajstić information content (AvgIpc) is 2.86. The molecule has 1 aliphatic rings. The minimum absolute atomic E-state index is 0.0652. The first-order valence-electron chi connectivity index (χ1n) is 10.9. The Bertz CT molecular complexity index is 1190. The number of nitrogens with zero attached hydrogens (tertiary/aromatic N) is 2. The molecule has 1 aromatic heterocycles. The number of para-hydroxylation sites is 1. The largest absolute Gasteiger partial charge is 0.481 e. The number of carbonyl (C=O) groups is 2. The number of pyridine rings is 1. The van der Waals surface area contributed by atoms with Gasteiger partial charge in [-0.1, -0.05) is 24.3 Å². The Balaban J connectivity index is 1.50. The van der Waals surface area contributed by atoms with E-state index in [1.165, 1.54) is 11.8 Å². The molecule has 174 valence electrons. The number of amides is 1. The van der Waals surface area contributed by atoms with Gasteiger partial charge in [0.05, 0.1) is 12.1 Å². The molecule has 8 nitrogen and oxygen atoms in total. The van der Waals surface area contributed by atoms with Gasteiger partial charge >= 0.3 is 5.97 Å². The smallest absolute Gasteiger partial charge is 0.304 e. The number of hydrogen-bond acceptors (Lipinski definition) is 7. The third-order valence-corrected chi connectivity index (χ3v) is 6.44. The Kier molecular flexibility index (Phi) is 7.77. The lowest BCUT2D eigenvalue weighted by Crippen LogP contribution is -2.35. The molecule has 0 saturated carbocycles. The highest BCUT2D eigenvalue weighted by Crippen LogP contribution is 2.41. The molecule has 1 unspecified atom stereocenters. The van der Waals surface area contributed by atoms with Gasteiger partial charge in [0.1, 0.15) is 0 Å². The van der Waals surface area contributed by atoms with E-state index in [9.17, 15) is 14.7 Å². The Morgan fingerprint density at radius 1 is 1.12 bits per heavy atom. The van der Waals surface area contributed by atoms with Crippen molar-refractivity contribution in [2.45, 2.75) is 23.0 Å². The van der Waals surface area contributed by atoms with Crippen molar-refractivity contribution in [3.8, 4) is 0 Å². The molecule has 9 heteroatoms. The second kappa shape index (κ2) is 11.3. The number of carboxylic acid groups (broad SMARTS) is 1. The van der Waals surface area contributed by atoms with Crippen LogP contribution in [0.1, 0.15) is 34.0 Å². The van der Waals surface area contributed by atoms with Gasteiger partial charge in [0, 0.05) is 46.9 Å². The van der Waals surface area contributed by atoms with Crippen molar-refractivity contribution < 1.29 is 14.7 Å². The van der Waals surface area contributed by atoms with E-state index in [0.717, 1.165) is 35.7 Å². The predicted molar refractivity (Wildman–Crippen MR) is 134 cm³/mol. The monoisotopic (exact) mass is 475 g/mol. The molecule has 0 aliphatic carbocycles. The van der Waals surface area contributed by atoms with Crippen LogP contribution in [0.15, 0.2) is 82.9 Å². The van der Waals surface area contributed by atoms with Gasteiger partial charge in [-0.3, -0.25) is 19.6 Å². The van der Waals surface area contributed by atoms with E-state index in [1.807, 2.05) is 42.5 Å². The second-order valence-electron chi connectivity index (χ2n) is 7.66. The van der Waals surface area contributed by atoms with Crippen LogP contribution in [-0.4, -0.2) is 41.0 Å². The van der Waals surface area contributed by atoms with Crippen molar-refractivity contribution in [2.75, 3.05) is 23.7 Å². The number of thioether (sulfide) groups is 1. The fourth-order valence-corrected chi connectivity index (χ4v) is 4.68. The van der Waals surface area contributed by atoms with Crippen LogP contribution < -0.4 is 16.0 Å². The SMILES string of the molecule is O=C(O)CC(Sc1ccccc1NC(=O)c1cccc(NC2=NCCCN2)c1)c1cccnc1. The molecule has 0 saturated heterocycles. The van der Waals surface area contributed by atoms with E-state index in [1.54, 1.807) is 30.6 Å². The van der Waals surface area contributed by atoms with Crippen molar-refractivity contribution in [3.63, 3.8) is 0 Å². The highest BCUT2D eigenvalue weighted by Gasteiger charge is 2.20. The van der Waals surface area contributed by atoms with Crippen LogP contribution >= 0.6 is 11.8 Å². The van der Waals surface area contributed by atoms with Crippen LogP contribution in [0, 0.1) is 0 Å². The number of aromatic nitrogens is 1. The molecular weight excluding hydrogens is 450 g/mol. The van der Waals surface area contributed by atoms with Crippen molar-refractivity contribution in [1.29, 1.82) is 0 Å². The highest BCUT2D eigenvalue weighted by molar-refractivity contribution is 7.99. The second-order valence-corrected chi connectivity index (χ2v) is 8.90. The van der Waals surface area contributed by atoms with Crippen LogP contribution in [0.3, 0.4) is 0 Å². The van der Waals surface area contributed by atoms with Gasteiger partial charge in [-0.25, -0.2) is 0 Å². The Morgan fingerprint density at radius 2 is 2.00 bits per heavy atom. The number of aliphatic imine (C=N–C) groups is 1. The van der Waals surface area contributed by atoms with Crippen LogP contribution in [0.2, 0.25) is 0 Å². The molecule has 4 rings (SSSR count). The minimum atomic E-state index is -0.899. The number of carboxylic acids is 1. The third kappa shape index (κ3) is 6.35. The number of carbonyl (C=O) groups excluding carboxylic acids is 1. The molecule has 0 spiro atoms. The normalized spacial score (nSPS) is 13.8. The summed E-state index contributed by atoms with van der Waals surface area (Å²) >= 11 is 1.39. The maximum Gasteiger partial charge on any atom is 0.304 e. The summed E-state index contributed by atoms with van der Waals surface area (Å²) in [4.78, 5) is 33.8. The van der Waals surface area contributed by atoms with E-state index in [-0.39, 0.29) is 17.6 Å². The number of benzene rings is 2. The van der Waals surface area contributed by atoms with Gasteiger partial charge in [0.25, 0.3) is 5.91 Å². The summed E-state index contributed by atoms with van der Waals surface area (Å²) in [6.07, 6.45) is 4.26. The lowest BCUT2D eigenvalue weighted by atomic mass is 10.1.